The van der Waals surface area contributed by atoms with Gasteiger partial charge in [0.05, 0.1) is 10.5 Å². The molecule has 0 aliphatic carbocycles. The summed E-state index contributed by atoms with van der Waals surface area (Å²) < 4.78 is 0.715. The Balaban J connectivity index is 2.23. The SMILES string of the molecule is Cc1[nH]nc(C(=O)NC(CC(C)(C)C)c2ccccc2)c1Br. The van der Waals surface area contributed by atoms with Crippen LogP contribution in [0.2, 0.25) is 0 Å². The molecule has 0 spiro atoms. The fraction of sp³-hybridized carbons (Fsp3) is 0.412. The van der Waals surface area contributed by atoms with E-state index in [9.17, 15) is 4.79 Å². The number of carbonyl (C=O) groups excluding carboxylic acids is 1. The van der Waals surface area contributed by atoms with Crippen LogP contribution in [-0.4, -0.2) is 16.1 Å². The first kappa shape index (κ1) is 16.7. The van der Waals surface area contributed by atoms with Crippen molar-refractivity contribution in [2.45, 2.75) is 40.2 Å². The Morgan fingerprint density at radius 1 is 1.32 bits per heavy atom. The molecule has 118 valence electrons. The maximum Gasteiger partial charge on any atom is 0.273 e. The number of H-pyrrole nitrogens is 1. The Morgan fingerprint density at radius 2 is 1.95 bits per heavy atom. The second-order valence-electron chi connectivity index (χ2n) is 6.71. The molecular weight excluding hydrogens is 342 g/mol. The van der Waals surface area contributed by atoms with E-state index in [2.05, 4.69) is 52.2 Å². The number of aromatic amines is 1. The molecular formula is C17H22BrN3O. The van der Waals surface area contributed by atoms with E-state index in [1.165, 1.54) is 0 Å². The topological polar surface area (TPSA) is 57.8 Å². The van der Waals surface area contributed by atoms with Gasteiger partial charge in [-0.05, 0) is 40.3 Å². The minimum absolute atomic E-state index is 0.0439. The van der Waals surface area contributed by atoms with Crippen molar-refractivity contribution >= 4 is 21.8 Å². The molecule has 0 fully saturated rings. The number of aromatic nitrogens is 2. The van der Waals surface area contributed by atoms with E-state index in [-0.39, 0.29) is 17.4 Å². The predicted molar refractivity (Wildman–Crippen MR) is 91.7 cm³/mol. The lowest BCUT2D eigenvalue weighted by Crippen LogP contribution is -2.31. The molecule has 0 saturated carbocycles. The molecule has 5 heteroatoms. The Bertz CT molecular complexity index is 644. The third-order valence-electron chi connectivity index (χ3n) is 3.41. The molecule has 1 aromatic carbocycles. The van der Waals surface area contributed by atoms with Crippen molar-refractivity contribution < 1.29 is 4.79 Å². The first-order valence-corrected chi connectivity index (χ1v) is 8.13. The number of halogens is 1. The highest BCUT2D eigenvalue weighted by atomic mass is 79.9. The number of benzene rings is 1. The summed E-state index contributed by atoms with van der Waals surface area (Å²) in [6, 6.07) is 10.0. The van der Waals surface area contributed by atoms with E-state index in [1.807, 2.05) is 37.3 Å². The number of rotatable bonds is 4. The Hall–Kier alpha value is -1.62. The lowest BCUT2D eigenvalue weighted by molar-refractivity contribution is 0.0920. The molecule has 4 nitrogen and oxygen atoms in total. The van der Waals surface area contributed by atoms with Crippen LogP contribution in [0.3, 0.4) is 0 Å². The molecule has 0 aliphatic heterocycles. The summed E-state index contributed by atoms with van der Waals surface area (Å²) in [5.74, 6) is -0.172. The number of nitrogens with one attached hydrogen (secondary N) is 2. The van der Waals surface area contributed by atoms with Crippen molar-refractivity contribution in [3.8, 4) is 0 Å². The van der Waals surface area contributed by atoms with Crippen LogP contribution < -0.4 is 5.32 Å². The van der Waals surface area contributed by atoms with Crippen LogP contribution in [-0.2, 0) is 0 Å². The van der Waals surface area contributed by atoms with Gasteiger partial charge in [0.25, 0.3) is 5.91 Å². The summed E-state index contributed by atoms with van der Waals surface area (Å²) in [7, 11) is 0. The number of carbonyl (C=O) groups is 1. The zero-order chi connectivity index (χ0) is 16.3. The Kier molecular flexibility index (Phi) is 5.06. The van der Waals surface area contributed by atoms with Gasteiger partial charge in [0.15, 0.2) is 5.69 Å². The number of nitrogens with zero attached hydrogens (tertiary/aromatic N) is 1. The van der Waals surface area contributed by atoms with Crippen LogP contribution in [0.25, 0.3) is 0 Å². The molecule has 1 aromatic heterocycles. The molecule has 2 N–H and O–H groups in total. The normalized spacial score (nSPS) is 13.0. The molecule has 2 aromatic rings. The number of aryl methyl sites for hydroxylation is 1. The smallest absolute Gasteiger partial charge is 0.273 e. The third kappa shape index (κ3) is 4.19. The molecule has 0 aliphatic rings. The fourth-order valence-corrected chi connectivity index (χ4v) is 2.70. The van der Waals surface area contributed by atoms with E-state index in [1.54, 1.807) is 0 Å². The van der Waals surface area contributed by atoms with Crippen LogP contribution in [0, 0.1) is 12.3 Å². The van der Waals surface area contributed by atoms with Gasteiger partial charge in [-0.3, -0.25) is 9.89 Å². The number of hydrogen-bond acceptors (Lipinski definition) is 2. The first-order valence-electron chi connectivity index (χ1n) is 7.34. The summed E-state index contributed by atoms with van der Waals surface area (Å²) in [5, 5.41) is 10.0. The van der Waals surface area contributed by atoms with Crippen molar-refractivity contribution in [2.75, 3.05) is 0 Å². The van der Waals surface area contributed by atoms with Gasteiger partial charge in [0, 0.05) is 5.69 Å². The second-order valence-corrected chi connectivity index (χ2v) is 7.51. The monoisotopic (exact) mass is 363 g/mol. The molecule has 0 saturated heterocycles. The molecule has 1 amide bonds. The van der Waals surface area contributed by atoms with E-state index in [0.717, 1.165) is 17.7 Å². The highest BCUT2D eigenvalue weighted by Gasteiger charge is 2.24. The molecule has 1 unspecified atom stereocenters. The second kappa shape index (κ2) is 6.65. The molecule has 2 rings (SSSR count). The van der Waals surface area contributed by atoms with Gasteiger partial charge in [-0.15, -0.1) is 0 Å². The van der Waals surface area contributed by atoms with E-state index in [0.29, 0.717) is 10.2 Å². The van der Waals surface area contributed by atoms with Crippen molar-refractivity contribution in [3.63, 3.8) is 0 Å². The van der Waals surface area contributed by atoms with Gasteiger partial charge < -0.3 is 5.32 Å². The molecule has 1 atom stereocenters. The maximum absolute atomic E-state index is 12.5. The van der Waals surface area contributed by atoms with Gasteiger partial charge in [0.2, 0.25) is 0 Å². The molecule has 0 radical (unpaired) electrons. The summed E-state index contributed by atoms with van der Waals surface area (Å²) in [6.45, 7) is 8.38. The van der Waals surface area contributed by atoms with Gasteiger partial charge >= 0.3 is 0 Å². The lowest BCUT2D eigenvalue weighted by atomic mass is 9.85. The highest BCUT2D eigenvalue weighted by Crippen LogP contribution is 2.30. The first-order chi connectivity index (χ1) is 10.3. The molecule has 0 bridgehead atoms. The Labute approximate surface area is 139 Å². The van der Waals surface area contributed by atoms with E-state index >= 15 is 0 Å². The summed E-state index contributed by atoms with van der Waals surface area (Å²) in [6.07, 6.45) is 0.851. The standard InChI is InChI=1S/C17H22BrN3O/c1-11-14(18)15(21-20-11)16(22)19-13(10-17(2,3)4)12-8-6-5-7-9-12/h5-9,13H,10H2,1-4H3,(H,19,22)(H,20,21). The van der Waals surface area contributed by atoms with Crippen LogP contribution in [0.4, 0.5) is 0 Å². The summed E-state index contributed by atoms with van der Waals surface area (Å²) in [5.41, 5.74) is 2.45. The van der Waals surface area contributed by atoms with Gasteiger partial charge in [-0.1, -0.05) is 51.1 Å². The van der Waals surface area contributed by atoms with E-state index < -0.39 is 0 Å². The fourth-order valence-electron chi connectivity index (χ4n) is 2.34. The molecule has 1 heterocycles. The van der Waals surface area contributed by atoms with Crippen LogP contribution >= 0.6 is 15.9 Å². The zero-order valence-corrected chi connectivity index (χ0v) is 15.0. The maximum atomic E-state index is 12.5. The zero-order valence-electron chi connectivity index (χ0n) is 13.4. The number of amides is 1. The average Bonchev–Trinajstić information content (AvgIpc) is 2.78. The van der Waals surface area contributed by atoms with Crippen LogP contribution in [0.15, 0.2) is 34.8 Å². The average molecular weight is 364 g/mol. The number of hydrogen-bond donors (Lipinski definition) is 2. The van der Waals surface area contributed by atoms with Crippen molar-refractivity contribution in [1.82, 2.24) is 15.5 Å². The minimum atomic E-state index is -0.172. The minimum Gasteiger partial charge on any atom is -0.344 e. The largest absolute Gasteiger partial charge is 0.344 e. The van der Waals surface area contributed by atoms with Crippen molar-refractivity contribution in [1.29, 1.82) is 0 Å². The van der Waals surface area contributed by atoms with Gasteiger partial charge in [0.1, 0.15) is 0 Å². The van der Waals surface area contributed by atoms with Crippen LogP contribution in [0.5, 0.6) is 0 Å². The van der Waals surface area contributed by atoms with E-state index in [4.69, 9.17) is 0 Å². The Morgan fingerprint density at radius 3 is 2.45 bits per heavy atom. The predicted octanol–water partition coefficient (Wildman–Crippen LogP) is 4.39. The lowest BCUT2D eigenvalue weighted by Gasteiger charge is -2.27. The summed E-state index contributed by atoms with van der Waals surface area (Å²) in [4.78, 5) is 12.5. The highest BCUT2D eigenvalue weighted by molar-refractivity contribution is 9.10. The van der Waals surface area contributed by atoms with Crippen LogP contribution in [0.1, 0.15) is 55.0 Å². The van der Waals surface area contributed by atoms with Gasteiger partial charge in [-0.2, -0.15) is 5.10 Å². The quantitative estimate of drug-likeness (QED) is 0.846. The van der Waals surface area contributed by atoms with Crippen molar-refractivity contribution in [3.05, 3.63) is 51.8 Å². The summed E-state index contributed by atoms with van der Waals surface area (Å²) >= 11 is 3.40. The van der Waals surface area contributed by atoms with Gasteiger partial charge in [-0.25, -0.2) is 0 Å². The molecule has 22 heavy (non-hydrogen) atoms. The third-order valence-corrected chi connectivity index (χ3v) is 4.38. The van der Waals surface area contributed by atoms with Crippen molar-refractivity contribution in [2.24, 2.45) is 5.41 Å².